The first-order valence-electron chi connectivity index (χ1n) is 6.72. The molecule has 1 aliphatic heterocycles. The number of ether oxygens (including phenoxy) is 1. The first kappa shape index (κ1) is 14.5. The fourth-order valence-corrected chi connectivity index (χ4v) is 2.13. The van der Waals surface area contributed by atoms with Gasteiger partial charge in [-0.1, -0.05) is 0 Å². The number of methoxy groups -OCH3 is 1. The van der Waals surface area contributed by atoms with Crippen molar-refractivity contribution >= 4 is 5.91 Å². The van der Waals surface area contributed by atoms with Crippen molar-refractivity contribution < 1.29 is 9.53 Å². The summed E-state index contributed by atoms with van der Waals surface area (Å²) in [6.07, 6.45) is 5.19. The standard InChI is InChI=1S/C13H26N2O2/c1-11(17-2)5-6-13(16)15-9-7-12-4-3-8-14-10-12/h11-12,14H,3-10H2,1-2H3,(H,15,16). The second-order valence-electron chi connectivity index (χ2n) is 4.94. The molecule has 0 aromatic rings. The van der Waals surface area contributed by atoms with Gasteiger partial charge in [0.15, 0.2) is 0 Å². The highest BCUT2D eigenvalue weighted by Crippen LogP contribution is 2.12. The molecule has 1 saturated heterocycles. The highest BCUT2D eigenvalue weighted by atomic mass is 16.5. The smallest absolute Gasteiger partial charge is 0.220 e. The Labute approximate surface area is 104 Å². The van der Waals surface area contributed by atoms with E-state index in [4.69, 9.17) is 4.74 Å². The third-order valence-electron chi connectivity index (χ3n) is 3.45. The molecule has 2 unspecified atom stereocenters. The predicted octanol–water partition coefficient (Wildman–Crippen LogP) is 1.31. The maximum atomic E-state index is 11.5. The van der Waals surface area contributed by atoms with Gasteiger partial charge in [-0.05, 0) is 51.6 Å². The van der Waals surface area contributed by atoms with Crippen LogP contribution in [0.3, 0.4) is 0 Å². The summed E-state index contributed by atoms with van der Waals surface area (Å²) >= 11 is 0. The normalized spacial score (nSPS) is 22.1. The number of rotatable bonds is 7. The van der Waals surface area contributed by atoms with Gasteiger partial charge in [0.05, 0.1) is 6.10 Å². The Balaban J connectivity index is 1.99. The fourth-order valence-electron chi connectivity index (χ4n) is 2.13. The third kappa shape index (κ3) is 6.64. The molecule has 17 heavy (non-hydrogen) atoms. The number of hydrogen-bond donors (Lipinski definition) is 2. The quantitative estimate of drug-likeness (QED) is 0.707. The molecule has 4 nitrogen and oxygen atoms in total. The van der Waals surface area contributed by atoms with Crippen molar-refractivity contribution in [3.8, 4) is 0 Å². The topological polar surface area (TPSA) is 50.4 Å². The van der Waals surface area contributed by atoms with E-state index in [1.807, 2.05) is 6.92 Å². The summed E-state index contributed by atoms with van der Waals surface area (Å²) in [5, 5.41) is 6.38. The van der Waals surface area contributed by atoms with Crippen LogP contribution in [-0.2, 0) is 9.53 Å². The molecule has 4 heteroatoms. The van der Waals surface area contributed by atoms with Crippen LogP contribution in [0.4, 0.5) is 0 Å². The summed E-state index contributed by atoms with van der Waals surface area (Å²) in [4.78, 5) is 11.5. The highest BCUT2D eigenvalue weighted by Gasteiger charge is 2.12. The predicted molar refractivity (Wildman–Crippen MR) is 68.9 cm³/mol. The van der Waals surface area contributed by atoms with Crippen LogP contribution >= 0.6 is 0 Å². The average molecular weight is 242 g/mol. The van der Waals surface area contributed by atoms with E-state index < -0.39 is 0 Å². The second kappa shape index (κ2) is 8.48. The van der Waals surface area contributed by atoms with Crippen LogP contribution in [0.25, 0.3) is 0 Å². The van der Waals surface area contributed by atoms with Crippen molar-refractivity contribution in [2.45, 2.75) is 45.1 Å². The number of carbonyl (C=O) groups excluding carboxylic acids is 1. The molecule has 100 valence electrons. The van der Waals surface area contributed by atoms with Crippen LogP contribution in [0, 0.1) is 5.92 Å². The van der Waals surface area contributed by atoms with Crippen LogP contribution in [0.1, 0.15) is 39.0 Å². The molecule has 1 aliphatic rings. The highest BCUT2D eigenvalue weighted by molar-refractivity contribution is 5.75. The lowest BCUT2D eigenvalue weighted by Crippen LogP contribution is -2.33. The number of amides is 1. The molecule has 1 heterocycles. The van der Waals surface area contributed by atoms with E-state index in [0.29, 0.717) is 6.42 Å². The molecule has 0 bridgehead atoms. The van der Waals surface area contributed by atoms with Gasteiger partial charge in [-0.15, -0.1) is 0 Å². The van der Waals surface area contributed by atoms with Gasteiger partial charge >= 0.3 is 0 Å². The minimum Gasteiger partial charge on any atom is -0.382 e. The van der Waals surface area contributed by atoms with Gasteiger partial charge < -0.3 is 15.4 Å². The van der Waals surface area contributed by atoms with Crippen molar-refractivity contribution in [2.75, 3.05) is 26.7 Å². The first-order chi connectivity index (χ1) is 8.22. The molecular weight excluding hydrogens is 216 g/mol. The summed E-state index contributed by atoms with van der Waals surface area (Å²) in [6, 6.07) is 0. The van der Waals surface area contributed by atoms with Crippen molar-refractivity contribution in [3.05, 3.63) is 0 Å². The van der Waals surface area contributed by atoms with Crippen LogP contribution < -0.4 is 10.6 Å². The number of piperidine rings is 1. The summed E-state index contributed by atoms with van der Waals surface area (Å²) < 4.78 is 5.11. The molecule has 1 amide bonds. The molecule has 0 saturated carbocycles. The Kier molecular flexibility index (Phi) is 7.21. The lowest BCUT2D eigenvalue weighted by molar-refractivity contribution is -0.121. The maximum absolute atomic E-state index is 11.5. The molecule has 2 atom stereocenters. The molecule has 0 aliphatic carbocycles. The average Bonchev–Trinajstić information content (AvgIpc) is 2.37. The maximum Gasteiger partial charge on any atom is 0.220 e. The van der Waals surface area contributed by atoms with Gasteiger partial charge in [-0.3, -0.25) is 4.79 Å². The molecule has 0 spiro atoms. The van der Waals surface area contributed by atoms with E-state index in [9.17, 15) is 4.79 Å². The molecule has 2 N–H and O–H groups in total. The van der Waals surface area contributed by atoms with Crippen molar-refractivity contribution in [1.82, 2.24) is 10.6 Å². The number of nitrogens with one attached hydrogen (secondary N) is 2. The van der Waals surface area contributed by atoms with Gasteiger partial charge in [0, 0.05) is 20.1 Å². The zero-order valence-electron chi connectivity index (χ0n) is 11.1. The van der Waals surface area contributed by atoms with Crippen LogP contribution in [-0.4, -0.2) is 38.8 Å². The monoisotopic (exact) mass is 242 g/mol. The second-order valence-corrected chi connectivity index (χ2v) is 4.94. The molecule has 1 rings (SSSR count). The van der Waals surface area contributed by atoms with Gasteiger partial charge in [-0.25, -0.2) is 0 Å². The van der Waals surface area contributed by atoms with E-state index in [2.05, 4.69) is 10.6 Å². The Hall–Kier alpha value is -0.610. The number of carbonyl (C=O) groups is 1. The lowest BCUT2D eigenvalue weighted by atomic mass is 9.96. The van der Waals surface area contributed by atoms with E-state index in [1.165, 1.54) is 12.8 Å². The minimum absolute atomic E-state index is 0.151. The zero-order chi connectivity index (χ0) is 12.5. The molecule has 0 radical (unpaired) electrons. The molecule has 1 fully saturated rings. The van der Waals surface area contributed by atoms with E-state index in [0.717, 1.165) is 38.4 Å². The van der Waals surface area contributed by atoms with Gasteiger partial charge in [0.1, 0.15) is 0 Å². The summed E-state index contributed by atoms with van der Waals surface area (Å²) in [5.41, 5.74) is 0. The minimum atomic E-state index is 0.151. The van der Waals surface area contributed by atoms with E-state index in [-0.39, 0.29) is 12.0 Å². The van der Waals surface area contributed by atoms with Crippen molar-refractivity contribution in [1.29, 1.82) is 0 Å². The van der Waals surface area contributed by atoms with E-state index >= 15 is 0 Å². The van der Waals surface area contributed by atoms with Crippen LogP contribution in [0.2, 0.25) is 0 Å². The van der Waals surface area contributed by atoms with Gasteiger partial charge in [0.25, 0.3) is 0 Å². The van der Waals surface area contributed by atoms with Crippen LogP contribution in [0.15, 0.2) is 0 Å². The van der Waals surface area contributed by atoms with Crippen LogP contribution in [0.5, 0.6) is 0 Å². The first-order valence-corrected chi connectivity index (χ1v) is 6.72. The SMILES string of the molecule is COC(C)CCC(=O)NCCC1CCCNC1. The number of hydrogen-bond acceptors (Lipinski definition) is 3. The zero-order valence-corrected chi connectivity index (χ0v) is 11.1. The fraction of sp³-hybridized carbons (Fsp3) is 0.923. The van der Waals surface area contributed by atoms with E-state index in [1.54, 1.807) is 7.11 Å². The Morgan fingerprint density at radius 1 is 1.59 bits per heavy atom. The summed E-state index contributed by atoms with van der Waals surface area (Å²) in [6.45, 7) is 5.06. The Morgan fingerprint density at radius 2 is 2.41 bits per heavy atom. The van der Waals surface area contributed by atoms with Gasteiger partial charge in [-0.2, -0.15) is 0 Å². The summed E-state index contributed by atoms with van der Waals surface area (Å²) in [5.74, 6) is 0.889. The largest absolute Gasteiger partial charge is 0.382 e. The molecule has 0 aromatic carbocycles. The lowest BCUT2D eigenvalue weighted by Gasteiger charge is -2.22. The van der Waals surface area contributed by atoms with Gasteiger partial charge in [0.2, 0.25) is 5.91 Å². The Bertz CT molecular complexity index is 215. The third-order valence-corrected chi connectivity index (χ3v) is 3.45. The van der Waals surface area contributed by atoms with Crippen molar-refractivity contribution in [2.24, 2.45) is 5.92 Å². The molecule has 0 aromatic heterocycles. The Morgan fingerprint density at radius 3 is 3.06 bits per heavy atom. The molecular formula is C13H26N2O2. The summed E-state index contributed by atoms with van der Waals surface area (Å²) in [7, 11) is 1.68. The van der Waals surface area contributed by atoms with Crippen molar-refractivity contribution in [3.63, 3.8) is 0 Å².